The topological polar surface area (TPSA) is 70.5 Å². The zero-order chi connectivity index (χ0) is 17.3. The number of nitrogens with zero attached hydrogens (tertiary/aromatic N) is 2. The summed E-state index contributed by atoms with van der Waals surface area (Å²) in [5.74, 6) is -0.875. The Morgan fingerprint density at radius 2 is 2.08 bits per heavy atom. The van der Waals surface area contributed by atoms with Crippen molar-refractivity contribution in [2.24, 2.45) is 11.3 Å². The maximum absolute atomic E-state index is 13.0. The number of piperidine rings is 1. The zero-order valence-corrected chi connectivity index (χ0v) is 14.0. The fraction of sp³-hybridized carbons (Fsp3) is 0.421. The summed E-state index contributed by atoms with van der Waals surface area (Å²) < 4.78 is 0. The standard InChI is InChI=1S/C19H22N2O3/c1-19(2,18(23)24)14-6-4-10-21(12-14)17(22)16-7-3-5-13-11-20-9-8-15(13)16/h3,5,7-9,11,14H,4,6,10,12H2,1-2H3,(H,23,24). The Morgan fingerprint density at radius 1 is 1.29 bits per heavy atom. The summed E-state index contributed by atoms with van der Waals surface area (Å²) in [4.78, 5) is 30.4. The van der Waals surface area contributed by atoms with E-state index in [1.165, 1.54) is 0 Å². The summed E-state index contributed by atoms with van der Waals surface area (Å²) in [6.07, 6.45) is 5.10. The second-order valence-electron chi connectivity index (χ2n) is 7.02. The van der Waals surface area contributed by atoms with Gasteiger partial charge in [0.1, 0.15) is 0 Å². The summed E-state index contributed by atoms with van der Waals surface area (Å²) in [5.41, 5.74) is -0.176. The van der Waals surface area contributed by atoms with Gasteiger partial charge in [-0.05, 0) is 50.1 Å². The van der Waals surface area contributed by atoms with Crippen molar-refractivity contribution in [3.63, 3.8) is 0 Å². The molecule has 2 aromatic rings. The Morgan fingerprint density at radius 3 is 2.83 bits per heavy atom. The van der Waals surface area contributed by atoms with Crippen molar-refractivity contribution in [2.75, 3.05) is 13.1 Å². The molecule has 5 nitrogen and oxygen atoms in total. The van der Waals surface area contributed by atoms with Crippen LogP contribution < -0.4 is 0 Å². The molecule has 1 saturated heterocycles. The molecule has 1 aliphatic heterocycles. The highest BCUT2D eigenvalue weighted by atomic mass is 16.4. The second-order valence-corrected chi connectivity index (χ2v) is 7.02. The number of pyridine rings is 1. The molecule has 0 saturated carbocycles. The molecule has 3 rings (SSSR count). The minimum atomic E-state index is -0.832. The molecule has 1 N–H and O–H groups in total. The molecule has 0 aliphatic carbocycles. The van der Waals surface area contributed by atoms with Gasteiger partial charge in [0.25, 0.3) is 5.91 Å². The number of hydrogen-bond donors (Lipinski definition) is 1. The van der Waals surface area contributed by atoms with Gasteiger partial charge in [-0.15, -0.1) is 0 Å². The number of amides is 1. The number of carboxylic acids is 1. The van der Waals surface area contributed by atoms with Gasteiger partial charge in [-0.2, -0.15) is 0 Å². The minimum absolute atomic E-state index is 0.0299. The van der Waals surface area contributed by atoms with Crippen LogP contribution in [0.25, 0.3) is 10.8 Å². The van der Waals surface area contributed by atoms with Crippen LogP contribution in [-0.4, -0.2) is 40.0 Å². The number of fused-ring (bicyclic) bond motifs is 1. The van der Waals surface area contributed by atoms with Crippen LogP contribution in [0, 0.1) is 11.3 Å². The van der Waals surface area contributed by atoms with Crippen LogP contribution in [0.3, 0.4) is 0 Å². The average molecular weight is 326 g/mol. The first-order valence-corrected chi connectivity index (χ1v) is 8.26. The summed E-state index contributed by atoms with van der Waals surface area (Å²) >= 11 is 0. The van der Waals surface area contributed by atoms with Gasteiger partial charge >= 0.3 is 5.97 Å². The fourth-order valence-corrected chi connectivity index (χ4v) is 3.40. The van der Waals surface area contributed by atoms with Crippen molar-refractivity contribution in [1.29, 1.82) is 0 Å². The van der Waals surface area contributed by atoms with E-state index in [1.54, 1.807) is 31.1 Å². The number of rotatable bonds is 3. The van der Waals surface area contributed by atoms with Gasteiger partial charge in [0.2, 0.25) is 0 Å². The van der Waals surface area contributed by atoms with E-state index >= 15 is 0 Å². The van der Waals surface area contributed by atoms with Gasteiger partial charge in [0.05, 0.1) is 5.41 Å². The van der Waals surface area contributed by atoms with Crippen LogP contribution >= 0.6 is 0 Å². The van der Waals surface area contributed by atoms with Gasteiger partial charge in [0.15, 0.2) is 0 Å². The number of aromatic nitrogens is 1. The van der Waals surface area contributed by atoms with Gasteiger partial charge in [-0.3, -0.25) is 14.6 Å². The SMILES string of the molecule is CC(C)(C(=O)O)C1CCCN(C(=O)c2cccc3cnccc23)C1. The largest absolute Gasteiger partial charge is 0.481 e. The number of carbonyl (C=O) groups excluding carboxylic acids is 1. The van der Waals surface area contributed by atoms with E-state index in [4.69, 9.17) is 0 Å². The predicted molar refractivity (Wildman–Crippen MR) is 91.8 cm³/mol. The van der Waals surface area contributed by atoms with E-state index in [0.717, 1.165) is 23.6 Å². The van der Waals surface area contributed by atoms with Gasteiger partial charge in [0, 0.05) is 36.4 Å². The van der Waals surface area contributed by atoms with Crippen LogP contribution in [0.2, 0.25) is 0 Å². The zero-order valence-electron chi connectivity index (χ0n) is 14.0. The molecule has 2 heterocycles. The first-order valence-electron chi connectivity index (χ1n) is 8.26. The lowest BCUT2D eigenvalue weighted by atomic mass is 9.74. The molecule has 5 heteroatoms. The maximum atomic E-state index is 13.0. The van der Waals surface area contributed by atoms with Crippen LogP contribution in [0.4, 0.5) is 0 Å². The van der Waals surface area contributed by atoms with Crippen molar-refractivity contribution in [3.8, 4) is 0 Å². The Labute approximate surface area is 141 Å². The second kappa shape index (κ2) is 6.23. The lowest BCUT2D eigenvalue weighted by Gasteiger charge is -2.39. The number of benzene rings is 1. The highest BCUT2D eigenvalue weighted by molar-refractivity contribution is 6.06. The molecular formula is C19H22N2O3. The number of aliphatic carboxylic acids is 1. The minimum Gasteiger partial charge on any atom is -0.481 e. The molecule has 1 aromatic carbocycles. The normalized spacial score (nSPS) is 18.6. The summed E-state index contributed by atoms with van der Waals surface area (Å²) in [7, 11) is 0. The van der Waals surface area contributed by atoms with Crippen molar-refractivity contribution in [1.82, 2.24) is 9.88 Å². The molecule has 126 valence electrons. The number of likely N-dealkylation sites (tertiary alicyclic amines) is 1. The van der Waals surface area contributed by atoms with Gasteiger partial charge in [-0.1, -0.05) is 12.1 Å². The van der Waals surface area contributed by atoms with Crippen molar-refractivity contribution < 1.29 is 14.7 Å². The maximum Gasteiger partial charge on any atom is 0.309 e. The van der Waals surface area contributed by atoms with E-state index < -0.39 is 11.4 Å². The molecule has 1 unspecified atom stereocenters. The van der Waals surface area contributed by atoms with E-state index in [0.29, 0.717) is 18.7 Å². The molecule has 24 heavy (non-hydrogen) atoms. The molecule has 1 atom stereocenters. The van der Waals surface area contributed by atoms with Gasteiger partial charge < -0.3 is 10.0 Å². The third-order valence-corrected chi connectivity index (χ3v) is 5.19. The Hall–Kier alpha value is -2.43. The van der Waals surface area contributed by atoms with Crippen LogP contribution in [0.1, 0.15) is 37.0 Å². The van der Waals surface area contributed by atoms with Crippen molar-refractivity contribution in [3.05, 3.63) is 42.2 Å². The van der Waals surface area contributed by atoms with E-state index in [9.17, 15) is 14.7 Å². The van der Waals surface area contributed by atoms with E-state index in [1.807, 2.05) is 24.3 Å². The highest BCUT2D eigenvalue weighted by Gasteiger charge is 2.40. The predicted octanol–water partition coefficient (Wildman–Crippen LogP) is 3.20. The fourth-order valence-electron chi connectivity index (χ4n) is 3.40. The highest BCUT2D eigenvalue weighted by Crippen LogP contribution is 2.35. The number of hydrogen-bond acceptors (Lipinski definition) is 3. The summed E-state index contributed by atoms with van der Waals surface area (Å²) in [5, 5.41) is 11.3. The van der Waals surface area contributed by atoms with Gasteiger partial charge in [-0.25, -0.2) is 0 Å². The Bertz CT molecular complexity index is 780. The molecule has 0 bridgehead atoms. The Kier molecular flexibility index (Phi) is 4.26. The first-order chi connectivity index (χ1) is 11.4. The Balaban J connectivity index is 1.88. The van der Waals surface area contributed by atoms with Crippen molar-refractivity contribution in [2.45, 2.75) is 26.7 Å². The van der Waals surface area contributed by atoms with Crippen LogP contribution in [0.15, 0.2) is 36.7 Å². The number of carbonyl (C=O) groups is 2. The van der Waals surface area contributed by atoms with E-state index in [2.05, 4.69) is 4.98 Å². The molecular weight excluding hydrogens is 304 g/mol. The molecule has 1 amide bonds. The molecule has 0 radical (unpaired) electrons. The van der Waals surface area contributed by atoms with E-state index in [-0.39, 0.29) is 11.8 Å². The molecule has 1 aliphatic rings. The third-order valence-electron chi connectivity index (χ3n) is 5.19. The quantitative estimate of drug-likeness (QED) is 0.940. The third kappa shape index (κ3) is 2.86. The number of carboxylic acid groups (broad SMARTS) is 1. The first kappa shape index (κ1) is 16.4. The average Bonchev–Trinajstić information content (AvgIpc) is 2.60. The summed E-state index contributed by atoms with van der Waals surface area (Å²) in [6, 6.07) is 7.48. The summed E-state index contributed by atoms with van der Waals surface area (Å²) in [6.45, 7) is 4.65. The lowest BCUT2D eigenvalue weighted by Crippen LogP contribution is -2.46. The van der Waals surface area contributed by atoms with Crippen LogP contribution in [-0.2, 0) is 4.79 Å². The smallest absolute Gasteiger partial charge is 0.309 e. The lowest BCUT2D eigenvalue weighted by molar-refractivity contribution is -0.151. The van der Waals surface area contributed by atoms with Crippen molar-refractivity contribution >= 4 is 22.6 Å². The monoisotopic (exact) mass is 326 g/mol. The van der Waals surface area contributed by atoms with Crippen LogP contribution in [0.5, 0.6) is 0 Å². The molecule has 0 spiro atoms. The molecule has 1 fully saturated rings. The molecule has 1 aromatic heterocycles.